The predicted molar refractivity (Wildman–Crippen MR) is 124 cm³/mol. The Morgan fingerprint density at radius 3 is 2.58 bits per heavy atom. The van der Waals surface area contributed by atoms with Gasteiger partial charge in [-0.25, -0.2) is 14.8 Å². The van der Waals surface area contributed by atoms with E-state index in [9.17, 15) is 4.79 Å². The lowest BCUT2D eigenvalue weighted by Gasteiger charge is -2.62. The highest BCUT2D eigenvalue weighted by molar-refractivity contribution is 6.76. The van der Waals surface area contributed by atoms with E-state index < -0.39 is 13.7 Å². The van der Waals surface area contributed by atoms with Gasteiger partial charge < -0.3 is 18.9 Å². The molecule has 2 aromatic rings. The Hall–Kier alpha value is -2.13. The maximum absolute atomic E-state index is 12.5. The van der Waals surface area contributed by atoms with Crippen molar-refractivity contribution in [1.82, 2.24) is 19.4 Å². The lowest BCUT2D eigenvalue weighted by atomic mass is 9.77. The molecule has 9 heteroatoms. The topological polar surface area (TPSA) is 72.7 Å². The molecule has 2 fully saturated rings. The summed E-state index contributed by atoms with van der Waals surface area (Å²) >= 11 is 0. The van der Waals surface area contributed by atoms with E-state index in [2.05, 4.69) is 40.6 Å². The fourth-order valence-corrected chi connectivity index (χ4v) is 4.93. The first-order valence-corrected chi connectivity index (χ1v) is 14.8. The summed E-state index contributed by atoms with van der Waals surface area (Å²) in [4.78, 5) is 25.7. The quantitative estimate of drug-likeness (QED) is 0.495. The molecule has 0 radical (unpaired) electrons. The zero-order chi connectivity index (χ0) is 22.4. The number of amides is 1. The molecule has 0 atom stereocenters. The normalized spacial score (nSPS) is 18.3. The number of nitrogens with zero attached hydrogens (tertiary/aromatic N) is 5. The summed E-state index contributed by atoms with van der Waals surface area (Å²) < 4.78 is 13.5. The van der Waals surface area contributed by atoms with Gasteiger partial charge in [-0.2, -0.15) is 0 Å². The van der Waals surface area contributed by atoms with Crippen LogP contribution < -0.4 is 4.90 Å². The number of fused-ring (bicyclic) bond motifs is 1. The molecule has 1 amide bonds. The van der Waals surface area contributed by atoms with Crippen LogP contribution >= 0.6 is 0 Å². The van der Waals surface area contributed by atoms with Gasteiger partial charge in [-0.1, -0.05) is 19.6 Å². The van der Waals surface area contributed by atoms with E-state index in [1.54, 1.807) is 6.33 Å². The molecule has 31 heavy (non-hydrogen) atoms. The third-order valence-electron chi connectivity index (χ3n) is 6.02. The fourth-order valence-electron chi connectivity index (χ4n) is 4.17. The van der Waals surface area contributed by atoms with Gasteiger partial charge in [0.1, 0.15) is 30.1 Å². The molecule has 2 saturated heterocycles. The first kappa shape index (κ1) is 22.1. The highest BCUT2D eigenvalue weighted by Gasteiger charge is 2.57. The van der Waals surface area contributed by atoms with Crippen molar-refractivity contribution in [1.29, 1.82) is 0 Å². The smallest absolute Gasteiger partial charge is 0.410 e. The second kappa shape index (κ2) is 7.77. The molecule has 1 spiro atoms. The van der Waals surface area contributed by atoms with Crippen molar-refractivity contribution in [2.24, 2.45) is 0 Å². The Balaban J connectivity index is 1.40. The van der Waals surface area contributed by atoms with Crippen molar-refractivity contribution < 1.29 is 14.3 Å². The predicted octanol–water partition coefficient (Wildman–Crippen LogP) is 3.94. The Kier molecular flexibility index (Phi) is 5.54. The zero-order valence-corrected chi connectivity index (χ0v) is 20.6. The largest absolute Gasteiger partial charge is 0.444 e. The summed E-state index contributed by atoms with van der Waals surface area (Å²) in [5.74, 6) is 0.924. The Labute approximate surface area is 185 Å². The van der Waals surface area contributed by atoms with E-state index in [0.29, 0.717) is 6.73 Å². The minimum atomic E-state index is -1.10. The number of carbonyl (C=O) groups excluding carboxylic acids is 1. The molecule has 8 nitrogen and oxygen atoms in total. The van der Waals surface area contributed by atoms with Crippen molar-refractivity contribution in [2.75, 3.05) is 31.1 Å². The average Bonchev–Trinajstić information content (AvgIpc) is 2.98. The maximum atomic E-state index is 12.5. The number of aromatic nitrogens is 3. The van der Waals surface area contributed by atoms with Crippen molar-refractivity contribution in [3.05, 3.63) is 18.6 Å². The van der Waals surface area contributed by atoms with E-state index in [1.165, 1.54) is 0 Å². The molecule has 2 aliphatic heterocycles. The van der Waals surface area contributed by atoms with E-state index in [-0.39, 0.29) is 11.6 Å². The molecule has 170 valence electrons. The van der Waals surface area contributed by atoms with Crippen LogP contribution in [0.3, 0.4) is 0 Å². The van der Waals surface area contributed by atoms with E-state index in [0.717, 1.165) is 55.6 Å². The van der Waals surface area contributed by atoms with Crippen molar-refractivity contribution in [3.63, 3.8) is 0 Å². The molecule has 0 unspecified atom stereocenters. The van der Waals surface area contributed by atoms with Gasteiger partial charge in [0.2, 0.25) is 0 Å². The molecular formula is C22H35N5O3Si. The SMILES string of the molecule is CC(C)(C)OC(=O)N1CCC12CN(c1ncnc3c1ccn3COCC[Si](C)(C)C)C2. The van der Waals surface area contributed by atoms with Crippen LogP contribution in [0, 0.1) is 0 Å². The maximum Gasteiger partial charge on any atom is 0.410 e. The number of hydrogen-bond acceptors (Lipinski definition) is 6. The number of hydrogen-bond donors (Lipinski definition) is 0. The van der Waals surface area contributed by atoms with E-state index >= 15 is 0 Å². The number of likely N-dealkylation sites (tertiary alicyclic amines) is 1. The second-order valence-corrected chi connectivity index (χ2v) is 16.7. The molecule has 0 aliphatic carbocycles. The van der Waals surface area contributed by atoms with E-state index in [4.69, 9.17) is 9.47 Å². The minimum Gasteiger partial charge on any atom is -0.444 e. The molecule has 0 N–H and O–H groups in total. The molecule has 4 heterocycles. The molecule has 2 aromatic heterocycles. The van der Waals surface area contributed by atoms with Crippen molar-refractivity contribution in [2.45, 2.75) is 70.7 Å². The lowest BCUT2D eigenvalue weighted by Crippen LogP contribution is -2.78. The highest BCUT2D eigenvalue weighted by atomic mass is 28.3. The van der Waals surface area contributed by atoms with Crippen LogP contribution in [-0.4, -0.2) is 71.0 Å². The molecule has 2 aliphatic rings. The zero-order valence-electron chi connectivity index (χ0n) is 19.6. The van der Waals surface area contributed by atoms with E-state index in [1.807, 2.05) is 36.4 Å². The number of anilines is 1. The monoisotopic (exact) mass is 445 g/mol. The third-order valence-corrected chi connectivity index (χ3v) is 7.72. The standard InChI is InChI=1S/C22H35N5O3Si/c1-21(2,3)30-20(28)27-10-8-22(27)13-26(14-22)19-17-7-9-25(18(17)23-15-24-19)16-29-11-12-31(4,5)6/h7,9,15H,8,10-14,16H2,1-6H3. The number of rotatable bonds is 6. The van der Waals surface area contributed by atoms with Gasteiger partial charge in [0, 0.05) is 40.5 Å². The minimum absolute atomic E-state index is 0.123. The van der Waals surface area contributed by atoms with Gasteiger partial charge in [0.05, 0.1) is 10.9 Å². The van der Waals surface area contributed by atoms with Crippen LogP contribution in [0.15, 0.2) is 18.6 Å². The van der Waals surface area contributed by atoms with Crippen molar-refractivity contribution in [3.8, 4) is 0 Å². The third kappa shape index (κ3) is 4.57. The van der Waals surface area contributed by atoms with Gasteiger partial charge >= 0.3 is 6.09 Å². The molecule has 4 rings (SSSR count). The Bertz CT molecular complexity index is 956. The van der Waals surface area contributed by atoms with Crippen LogP contribution in [0.4, 0.5) is 10.6 Å². The molecule has 0 aromatic carbocycles. The van der Waals surface area contributed by atoms with Crippen LogP contribution in [0.1, 0.15) is 27.2 Å². The lowest BCUT2D eigenvalue weighted by molar-refractivity contribution is -0.0561. The summed E-state index contributed by atoms with van der Waals surface area (Å²) in [6.07, 6.45) is 4.42. The number of carbonyl (C=O) groups is 1. The van der Waals surface area contributed by atoms with Crippen LogP contribution in [-0.2, 0) is 16.2 Å². The molecular weight excluding hydrogens is 410 g/mol. The fraction of sp³-hybridized carbons (Fsp3) is 0.682. The summed E-state index contributed by atoms with van der Waals surface area (Å²) in [6, 6.07) is 3.21. The summed E-state index contributed by atoms with van der Waals surface area (Å²) in [5.41, 5.74) is 0.287. The van der Waals surface area contributed by atoms with Gasteiger partial charge in [-0.15, -0.1) is 0 Å². The Morgan fingerprint density at radius 1 is 1.23 bits per heavy atom. The van der Waals surface area contributed by atoms with Gasteiger partial charge in [-0.05, 0) is 39.3 Å². The molecule has 0 saturated carbocycles. The highest BCUT2D eigenvalue weighted by Crippen LogP contribution is 2.42. The summed E-state index contributed by atoms with van der Waals surface area (Å²) in [7, 11) is -1.10. The van der Waals surface area contributed by atoms with Crippen LogP contribution in [0.2, 0.25) is 25.7 Å². The van der Waals surface area contributed by atoms with Crippen LogP contribution in [0.25, 0.3) is 11.0 Å². The van der Waals surface area contributed by atoms with Gasteiger partial charge in [-0.3, -0.25) is 4.90 Å². The van der Waals surface area contributed by atoms with Gasteiger partial charge in [0.25, 0.3) is 0 Å². The second-order valence-electron chi connectivity index (χ2n) is 11.0. The first-order chi connectivity index (χ1) is 14.5. The first-order valence-electron chi connectivity index (χ1n) is 11.1. The van der Waals surface area contributed by atoms with Gasteiger partial charge in [0.15, 0.2) is 0 Å². The van der Waals surface area contributed by atoms with Crippen LogP contribution in [0.5, 0.6) is 0 Å². The Morgan fingerprint density at radius 2 is 1.97 bits per heavy atom. The van der Waals surface area contributed by atoms with Crippen molar-refractivity contribution >= 4 is 31.0 Å². The number of ether oxygens (including phenoxy) is 2. The summed E-state index contributed by atoms with van der Waals surface area (Å²) in [5, 5.41) is 1.02. The average molecular weight is 446 g/mol. The summed E-state index contributed by atoms with van der Waals surface area (Å²) in [6.45, 7) is 16.4. The molecule has 0 bridgehead atoms.